The van der Waals surface area contributed by atoms with E-state index in [1.54, 1.807) is 6.92 Å². The molecule has 0 radical (unpaired) electrons. The summed E-state index contributed by atoms with van der Waals surface area (Å²) < 4.78 is 0.789. The third-order valence-corrected chi connectivity index (χ3v) is 4.15. The molecule has 4 heteroatoms. The fourth-order valence-corrected chi connectivity index (χ4v) is 2.99. The van der Waals surface area contributed by atoms with Crippen molar-refractivity contribution in [2.45, 2.75) is 65.7 Å². The molecule has 114 valence electrons. The van der Waals surface area contributed by atoms with Crippen LogP contribution < -0.4 is 10.6 Å². The van der Waals surface area contributed by atoms with Crippen LogP contribution in [0.25, 0.3) is 0 Å². The minimum atomic E-state index is 0.0355. The standard InChI is InChI=1S/C16H29N3O/c1-5-7-8-9-10-11-16-17-12-13-19(16,6-2)14(3)18-15(4)20/h7-8,12-14,16-17H,5-6,9-11H2,1-4H3/p+1/b8-7+. The van der Waals surface area contributed by atoms with Crippen LogP contribution in [0.2, 0.25) is 0 Å². The van der Waals surface area contributed by atoms with Crippen molar-refractivity contribution in [2.75, 3.05) is 6.54 Å². The average molecular weight is 280 g/mol. The van der Waals surface area contributed by atoms with Crippen LogP contribution in [0.4, 0.5) is 0 Å². The summed E-state index contributed by atoms with van der Waals surface area (Å²) in [5.74, 6) is 0.0355. The topological polar surface area (TPSA) is 41.1 Å². The molecule has 0 saturated carbocycles. The zero-order valence-corrected chi connectivity index (χ0v) is 13.4. The molecule has 1 amide bonds. The van der Waals surface area contributed by atoms with Crippen molar-refractivity contribution in [1.82, 2.24) is 10.6 Å². The van der Waals surface area contributed by atoms with Gasteiger partial charge in [-0.2, -0.15) is 0 Å². The molecule has 0 saturated heterocycles. The Morgan fingerprint density at radius 2 is 2.20 bits per heavy atom. The second-order valence-electron chi connectivity index (χ2n) is 5.50. The molecule has 0 aromatic rings. The first kappa shape index (κ1) is 16.8. The number of hydrogen-bond acceptors (Lipinski definition) is 2. The van der Waals surface area contributed by atoms with Crippen LogP contribution in [0.5, 0.6) is 0 Å². The number of allylic oxidation sites excluding steroid dienone is 2. The molecule has 0 bridgehead atoms. The number of unbranched alkanes of at least 4 members (excludes halogenated alkanes) is 1. The Hall–Kier alpha value is -1.29. The number of nitrogens with zero attached hydrogens (tertiary/aromatic N) is 1. The lowest BCUT2D eigenvalue weighted by atomic mass is 10.1. The summed E-state index contributed by atoms with van der Waals surface area (Å²) in [4.78, 5) is 11.3. The maximum absolute atomic E-state index is 11.3. The number of nitrogens with one attached hydrogen (secondary N) is 2. The number of quaternary nitrogens is 1. The number of carbonyl (C=O) groups excluding carboxylic acids is 1. The molecule has 0 fully saturated rings. The highest BCUT2D eigenvalue weighted by molar-refractivity contribution is 5.72. The third kappa shape index (κ3) is 4.10. The highest BCUT2D eigenvalue weighted by Gasteiger charge is 2.41. The first-order valence-corrected chi connectivity index (χ1v) is 7.79. The van der Waals surface area contributed by atoms with E-state index in [-0.39, 0.29) is 12.1 Å². The Bertz CT molecular complexity index is 365. The van der Waals surface area contributed by atoms with Crippen molar-refractivity contribution in [1.29, 1.82) is 0 Å². The van der Waals surface area contributed by atoms with Gasteiger partial charge in [-0.3, -0.25) is 9.28 Å². The van der Waals surface area contributed by atoms with E-state index in [2.05, 4.69) is 49.8 Å². The van der Waals surface area contributed by atoms with Crippen molar-refractivity contribution in [3.63, 3.8) is 0 Å². The van der Waals surface area contributed by atoms with E-state index >= 15 is 0 Å². The van der Waals surface area contributed by atoms with Crippen LogP contribution in [0.3, 0.4) is 0 Å². The number of amides is 1. The van der Waals surface area contributed by atoms with Gasteiger partial charge in [0.25, 0.3) is 0 Å². The number of rotatable bonds is 8. The monoisotopic (exact) mass is 280 g/mol. The van der Waals surface area contributed by atoms with E-state index in [0.29, 0.717) is 6.17 Å². The van der Waals surface area contributed by atoms with Crippen molar-refractivity contribution in [3.05, 3.63) is 24.6 Å². The minimum Gasteiger partial charge on any atom is -0.338 e. The van der Waals surface area contributed by atoms with Gasteiger partial charge in [0.05, 0.1) is 12.7 Å². The Morgan fingerprint density at radius 3 is 2.80 bits per heavy atom. The molecule has 3 unspecified atom stereocenters. The summed E-state index contributed by atoms with van der Waals surface area (Å²) in [6.45, 7) is 8.99. The molecule has 2 N–H and O–H groups in total. The zero-order chi connectivity index (χ0) is 15.0. The molecule has 20 heavy (non-hydrogen) atoms. The summed E-state index contributed by atoms with van der Waals surface area (Å²) in [6, 6.07) is 0. The van der Waals surface area contributed by atoms with Crippen LogP contribution in [0.1, 0.15) is 53.4 Å². The van der Waals surface area contributed by atoms with E-state index in [1.165, 1.54) is 6.42 Å². The van der Waals surface area contributed by atoms with Gasteiger partial charge in [-0.15, -0.1) is 0 Å². The molecule has 0 spiro atoms. The molecule has 1 aliphatic heterocycles. The van der Waals surface area contributed by atoms with Gasteiger partial charge in [-0.25, -0.2) is 0 Å². The van der Waals surface area contributed by atoms with E-state index in [9.17, 15) is 4.79 Å². The molecule has 4 nitrogen and oxygen atoms in total. The molecule has 1 aliphatic rings. The molecular weight excluding hydrogens is 250 g/mol. The highest BCUT2D eigenvalue weighted by atomic mass is 16.1. The van der Waals surface area contributed by atoms with E-state index in [0.717, 1.165) is 30.3 Å². The quantitative estimate of drug-likeness (QED) is 0.408. The zero-order valence-electron chi connectivity index (χ0n) is 13.4. The molecule has 0 aromatic carbocycles. The van der Waals surface area contributed by atoms with Gasteiger partial charge in [-0.1, -0.05) is 19.1 Å². The van der Waals surface area contributed by atoms with Crippen LogP contribution in [-0.4, -0.2) is 29.3 Å². The molecule has 0 aromatic heterocycles. The van der Waals surface area contributed by atoms with Gasteiger partial charge >= 0.3 is 0 Å². The predicted molar refractivity (Wildman–Crippen MR) is 83.4 cm³/mol. The minimum absolute atomic E-state index is 0.0355. The fourth-order valence-electron chi connectivity index (χ4n) is 2.99. The normalized spacial score (nSPS) is 26.7. The predicted octanol–water partition coefficient (Wildman–Crippen LogP) is 2.84. The lowest BCUT2D eigenvalue weighted by molar-refractivity contribution is -0.923. The smallest absolute Gasteiger partial charge is 0.221 e. The van der Waals surface area contributed by atoms with Crippen molar-refractivity contribution >= 4 is 5.91 Å². The highest BCUT2D eigenvalue weighted by Crippen LogP contribution is 2.25. The van der Waals surface area contributed by atoms with E-state index in [4.69, 9.17) is 0 Å². The number of hydrogen-bond donors (Lipinski definition) is 2. The van der Waals surface area contributed by atoms with Crippen LogP contribution >= 0.6 is 0 Å². The first-order chi connectivity index (χ1) is 9.56. The largest absolute Gasteiger partial charge is 0.338 e. The summed E-state index contributed by atoms with van der Waals surface area (Å²) in [6.07, 6.45) is 13.7. The van der Waals surface area contributed by atoms with Crippen molar-refractivity contribution in [3.8, 4) is 0 Å². The van der Waals surface area contributed by atoms with Crippen LogP contribution in [0, 0.1) is 0 Å². The van der Waals surface area contributed by atoms with E-state index in [1.807, 2.05) is 6.20 Å². The fraction of sp³-hybridized carbons (Fsp3) is 0.688. The SMILES string of the molecule is CC/C=C/CCCC1NC=C[N+]1(CC)C(C)NC(C)=O. The van der Waals surface area contributed by atoms with E-state index < -0.39 is 0 Å². The van der Waals surface area contributed by atoms with Crippen molar-refractivity contribution in [2.24, 2.45) is 0 Å². The van der Waals surface area contributed by atoms with Gasteiger partial charge in [0.1, 0.15) is 6.20 Å². The molecule has 1 rings (SSSR count). The maximum atomic E-state index is 11.3. The molecule has 3 atom stereocenters. The maximum Gasteiger partial charge on any atom is 0.221 e. The lowest BCUT2D eigenvalue weighted by Gasteiger charge is -2.41. The second kappa shape index (κ2) is 8.10. The molecule has 1 heterocycles. The Kier molecular flexibility index (Phi) is 6.79. The Morgan fingerprint density at radius 1 is 1.45 bits per heavy atom. The summed E-state index contributed by atoms with van der Waals surface area (Å²) >= 11 is 0. The Labute approximate surface area is 123 Å². The summed E-state index contributed by atoms with van der Waals surface area (Å²) in [7, 11) is 0. The lowest BCUT2D eigenvalue weighted by Crippen LogP contribution is -2.62. The van der Waals surface area contributed by atoms with Gasteiger partial charge < -0.3 is 10.6 Å². The summed E-state index contributed by atoms with van der Waals surface area (Å²) in [5.41, 5.74) is 0. The van der Waals surface area contributed by atoms with Gasteiger partial charge in [0, 0.05) is 20.3 Å². The van der Waals surface area contributed by atoms with Gasteiger partial charge in [-0.05, 0) is 26.2 Å². The van der Waals surface area contributed by atoms with Crippen molar-refractivity contribution < 1.29 is 9.28 Å². The van der Waals surface area contributed by atoms with Gasteiger partial charge in [0.2, 0.25) is 5.91 Å². The average Bonchev–Trinajstić information content (AvgIpc) is 2.82. The van der Waals surface area contributed by atoms with Crippen LogP contribution in [-0.2, 0) is 4.79 Å². The van der Waals surface area contributed by atoms with Gasteiger partial charge in [0.15, 0.2) is 12.3 Å². The first-order valence-electron chi connectivity index (χ1n) is 7.79. The molecular formula is C16H30N3O+. The third-order valence-electron chi connectivity index (χ3n) is 4.15. The summed E-state index contributed by atoms with van der Waals surface area (Å²) in [5, 5.41) is 6.50. The Balaban J connectivity index is 2.60. The number of carbonyl (C=O) groups is 1. The van der Waals surface area contributed by atoms with Crippen LogP contribution in [0.15, 0.2) is 24.6 Å². The second-order valence-corrected chi connectivity index (χ2v) is 5.50. The molecule has 0 aliphatic carbocycles.